The third kappa shape index (κ3) is 3.09. The molecule has 110 valence electrons. The molecule has 1 atom stereocenters. The molecule has 2 aromatic carbocycles. The van der Waals surface area contributed by atoms with Gasteiger partial charge in [0.2, 0.25) is 0 Å². The van der Waals surface area contributed by atoms with Crippen LogP contribution in [0.25, 0.3) is 0 Å². The van der Waals surface area contributed by atoms with Gasteiger partial charge in [-0.15, -0.1) is 0 Å². The molecule has 0 bridgehead atoms. The van der Waals surface area contributed by atoms with Gasteiger partial charge in [-0.3, -0.25) is 5.84 Å². The summed E-state index contributed by atoms with van der Waals surface area (Å²) in [4.78, 5) is 0. The van der Waals surface area contributed by atoms with Crippen LogP contribution in [-0.4, -0.2) is 6.10 Å². The van der Waals surface area contributed by atoms with Gasteiger partial charge in [-0.2, -0.15) is 0 Å². The van der Waals surface area contributed by atoms with E-state index < -0.39 is 0 Å². The molecule has 1 saturated carbocycles. The zero-order chi connectivity index (χ0) is 14.8. The van der Waals surface area contributed by atoms with Gasteiger partial charge in [0.05, 0.1) is 12.1 Å². The van der Waals surface area contributed by atoms with E-state index in [2.05, 4.69) is 49.6 Å². The van der Waals surface area contributed by atoms with E-state index in [0.717, 1.165) is 11.3 Å². The molecule has 0 amide bonds. The van der Waals surface area contributed by atoms with Crippen LogP contribution in [0.5, 0.6) is 5.75 Å². The van der Waals surface area contributed by atoms with Crippen molar-refractivity contribution in [2.45, 2.75) is 38.8 Å². The van der Waals surface area contributed by atoms with Crippen molar-refractivity contribution in [1.82, 2.24) is 5.43 Å². The quantitative estimate of drug-likeness (QED) is 0.652. The molecule has 21 heavy (non-hydrogen) atoms. The molecular formula is C18H22N2O. The summed E-state index contributed by atoms with van der Waals surface area (Å²) in [6, 6.07) is 14.6. The second kappa shape index (κ2) is 5.88. The van der Waals surface area contributed by atoms with Gasteiger partial charge in [-0.05, 0) is 61.1 Å². The summed E-state index contributed by atoms with van der Waals surface area (Å²) in [5.74, 6) is 6.75. The van der Waals surface area contributed by atoms with E-state index in [4.69, 9.17) is 10.6 Å². The molecule has 3 rings (SSSR count). The molecule has 1 unspecified atom stereocenters. The van der Waals surface area contributed by atoms with Crippen LogP contribution in [0.15, 0.2) is 42.5 Å². The van der Waals surface area contributed by atoms with Gasteiger partial charge in [0, 0.05) is 0 Å². The van der Waals surface area contributed by atoms with Crippen molar-refractivity contribution in [3.63, 3.8) is 0 Å². The lowest BCUT2D eigenvalue weighted by Crippen LogP contribution is -2.29. The Hall–Kier alpha value is -1.84. The van der Waals surface area contributed by atoms with Gasteiger partial charge < -0.3 is 4.74 Å². The van der Waals surface area contributed by atoms with Crippen molar-refractivity contribution in [1.29, 1.82) is 0 Å². The van der Waals surface area contributed by atoms with E-state index in [0.29, 0.717) is 6.10 Å². The van der Waals surface area contributed by atoms with Crippen molar-refractivity contribution in [2.24, 2.45) is 5.84 Å². The molecule has 3 heteroatoms. The number of hydrogen-bond acceptors (Lipinski definition) is 3. The van der Waals surface area contributed by atoms with Crippen LogP contribution >= 0.6 is 0 Å². The van der Waals surface area contributed by atoms with Crippen LogP contribution < -0.4 is 16.0 Å². The number of hydrogen-bond donors (Lipinski definition) is 2. The summed E-state index contributed by atoms with van der Waals surface area (Å²) in [7, 11) is 0. The molecule has 0 aliphatic heterocycles. The maximum absolute atomic E-state index is 5.80. The summed E-state index contributed by atoms with van der Waals surface area (Å²) >= 11 is 0. The fourth-order valence-electron chi connectivity index (χ4n) is 2.57. The Balaban J connectivity index is 1.86. The molecular weight excluding hydrogens is 260 g/mol. The number of ether oxygens (including phenoxy) is 1. The summed E-state index contributed by atoms with van der Waals surface area (Å²) in [6.07, 6.45) is 2.78. The highest BCUT2D eigenvalue weighted by Crippen LogP contribution is 2.30. The Bertz CT molecular complexity index is 618. The Morgan fingerprint density at radius 3 is 2.43 bits per heavy atom. The van der Waals surface area contributed by atoms with Crippen LogP contribution in [0, 0.1) is 13.8 Å². The van der Waals surface area contributed by atoms with E-state index in [-0.39, 0.29) is 6.04 Å². The van der Waals surface area contributed by atoms with Crippen molar-refractivity contribution in [2.75, 3.05) is 0 Å². The molecule has 0 saturated heterocycles. The Kier molecular flexibility index (Phi) is 3.95. The number of nitrogens with one attached hydrogen (secondary N) is 1. The predicted molar refractivity (Wildman–Crippen MR) is 85.2 cm³/mol. The Morgan fingerprint density at radius 2 is 1.81 bits per heavy atom. The van der Waals surface area contributed by atoms with Gasteiger partial charge >= 0.3 is 0 Å². The average molecular weight is 282 g/mol. The molecule has 1 aliphatic carbocycles. The third-order valence-corrected chi connectivity index (χ3v) is 4.16. The largest absolute Gasteiger partial charge is 0.490 e. The fourth-order valence-corrected chi connectivity index (χ4v) is 2.57. The standard InChI is InChI=1S/C18H22N2O/c1-12-4-3-5-17(13(12)2)18(20-19)14-6-8-15(9-7-14)21-16-10-11-16/h3-9,16,18,20H,10-11,19H2,1-2H3. The van der Waals surface area contributed by atoms with Gasteiger partial charge in [-0.1, -0.05) is 30.3 Å². The smallest absolute Gasteiger partial charge is 0.119 e. The molecule has 1 aliphatic rings. The summed E-state index contributed by atoms with van der Waals surface area (Å²) < 4.78 is 5.79. The first-order valence-electron chi connectivity index (χ1n) is 7.48. The summed E-state index contributed by atoms with van der Waals surface area (Å²) in [5.41, 5.74) is 7.85. The van der Waals surface area contributed by atoms with Crippen molar-refractivity contribution in [3.8, 4) is 5.75 Å². The highest BCUT2D eigenvalue weighted by Gasteiger charge is 2.23. The summed E-state index contributed by atoms with van der Waals surface area (Å²) in [5, 5.41) is 0. The molecule has 2 aromatic rings. The van der Waals surface area contributed by atoms with Gasteiger partial charge in [0.1, 0.15) is 5.75 Å². The topological polar surface area (TPSA) is 47.3 Å². The molecule has 0 radical (unpaired) electrons. The van der Waals surface area contributed by atoms with E-state index in [1.807, 2.05) is 12.1 Å². The van der Waals surface area contributed by atoms with Crippen molar-refractivity contribution < 1.29 is 4.74 Å². The normalized spacial score (nSPS) is 15.8. The number of rotatable bonds is 5. The van der Waals surface area contributed by atoms with Crippen LogP contribution in [0.1, 0.15) is 41.1 Å². The first-order valence-corrected chi connectivity index (χ1v) is 7.48. The molecule has 0 aromatic heterocycles. The van der Waals surface area contributed by atoms with Gasteiger partial charge in [0.15, 0.2) is 0 Å². The second-order valence-corrected chi connectivity index (χ2v) is 5.78. The highest BCUT2D eigenvalue weighted by atomic mass is 16.5. The maximum Gasteiger partial charge on any atom is 0.119 e. The lowest BCUT2D eigenvalue weighted by Gasteiger charge is -2.20. The number of aryl methyl sites for hydroxylation is 1. The number of hydrazine groups is 1. The highest BCUT2D eigenvalue weighted by molar-refractivity contribution is 5.41. The molecule has 3 N–H and O–H groups in total. The minimum Gasteiger partial charge on any atom is -0.490 e. The van der Waals surface area contributed by atoms with Gasteiger partial charge in [0.25, 0.3) is 0 Å². The lowest BCUT2D eigenvalue weighted by molar-refractivity contribution is 0.303. The fraction of sp³-hybridized carbons (Fsp3) is 0.333. The van der Waals surface area contributed by atoms with Crippen LogP contribution in [0.4, 0.5) is 0 Å². The second-order valence-electron chi connectivity index (χ2n) is 5.78. The zero-order valence-electron chi connectivity index (χ0n) is 12.6. The number of nitrogens with two attached hydrogens (primary N) is 1. The van der Waals surface area contributed by atoms with Gasteiger partial charge in [-0.25, -0.2) is 5.43 Å². The monoisotopic (exact) mass is 282 g/mol. The first kappa shape index (κ1) is 14.1. The maximum atomic E-state index is 5.80. The van der Waals surface area contributed by atoms with E-state index in [1.54, 1.807) is 0 Å². The minimum absolute atomic E-state index is 0.000116. The van der Waals surface area contributed by atoms with E-state index in [9.17, 15) is 0 Å². The van der Waals surface area contributed by atoms with E-state index >= 15 is 0 Å². The number of benzene rings is 2. The summed E-state index contributed by atoms with van der Waals surface area (Å²) in [6.45, 7) is 4.26. The Morgan fingerprint density at radius 1 is 1.10 bits per heavy atom. The van der Waals surface area contributed by atoms with E-state index in [1.165, 1.54) is 29.5 Å². The predicted octanol–water partition coefficient (Wildman–Crippen LogP) is 3.40. The van der Waals surface area contributed by atoms with Crippen LogP contribution in [0.2, 0.25) is 0 Å². The molecule has 3 nitrogen and oxygen atoms in total. The molecule has 0 spiro atoms. The van der Waals surface area contributed by atoms with Crippen molar-refractivity contribution in [3.05, 3.63) is 64.7 Å². The van der Waals surface area contributed by atoms with Crippen LogP contribution in [0.3, 0.4) is 0 Å². The van der Waals surface area contributed by atoms with Crippen LogP contribution in [-0.2, 0) is 0 Å². The lowest BCUT2D eigenvalue weighted by atomic mass is 9.93. The van der Waals surface area contributed by atoms with Crippen molar-refractivity contribution >= 4 is 0 Å². The molecule has 1 fully saturated rings. The third-order valence-electron chi connectivity index (χ3n) is 4.16. The first-order chi connectivity index (χ1) is 10.2. The minimum atomic E-state index is -0.000116. The molecule has 0 heterocycles. The Labute approximate surface area is 126 Å². The average Bonchev–Trinajstić information content (AvgIpc) is 3.30. The SMILES string of the molecule is Cc1cccc(C(NN)c2ccc(OC3CC3)cc2)c1C. The zero-order valence-corrected chi connectivity index (χ0v) is 12.6.